The zero-order chi connectivity index (χ0) is 16.9. The number of ether oxygens (including phenoxy) is 2. The van der Waals surface area contributed by atoms with Crippen molar-refractivity contribution in [3.8, 4) is 0 Å². The molecule has 5 heteroatoms. The van der Waals surface area contributed by atoms with Gasteiger partial charge in [-0.05, 0) is 50.9 Å². The Hall–Kier alpha value is -0.810. The molecule has 5 rings (SSSR count). The molecule has 0 aromatic carbocycles. The van der Waals surface area contributed by atoms with Crippen LogP contribution in [0.5, 0.6) is 0 Å². The van der Waals surface area contributed by atoms with E-state index in [2.05, 4.69) is 15.2 Å². The van der Waals surface area contributed by atoms with Crippen LogP contribution in [0.3, 0.4) is 0 Å². The van der Waals surface area contributed by atoms with Gasteiger partial charge in [0, 0.05) is 50.7 Å². The van der Waals surface area contributed by atoms with Crippen molar-refractivity contribution >= 4 is 5.96 Å². The summed E-state index contributed by atoms with van der Waals surface area (Å²) in [5.74, 6) is 2.69. The largest absolute Gasteiger partial charge is 0.378 e. The second-order valence-corrected chi connectivity index (χ2v) is 8.96. The summed E-state index contributed by atoms with van der Waals surface area (Å²) in [6, 6.07) is 0.580. The lowest BCUT2D eigenvalue weighted by molar-refractivity contribution is -0.171. The molecule has 2 heterocycles. The quantitative estimate of drug-likeness (QED) is 0.627. The average Bonchev–Trinajstić information content (AvgIpc) is 3.33. The Bertz CT molecular complexity index is 521. The second-order valence-electron chi connectivity index (χ2n) is 8.96. The molecule has 1 N–H and O–H groups in total. The van der Waals surface area contributed by atoms with E-state index in [9.17, 15) is 0 Å². The summed E-state index contributed by atoms with van der Waals surface area (Å²) in [5, 5.41) is 3.87. The Morgan fingerprint density at radius 3 is 2.64 bits per heavy atom. The van der Waals surface area contributed by atoms with Crippen LogP contribution in [0.4, 0.5) is 0 Å². The highest BCUT2D eigenvalue weighted by molar-refractivity contribution is 5.80. The number of fused-ring (bicyclic) bond motifs is 2. The van der Waals surface area contributed by atoms with Crippen molar-refractivity contribution in [1.29, 1.82) is 0 Å². The van der Waals surface area contributed by atoms with E-state index in [4.69, 9.17) is 9.47 Å². The summed E-state index contributed by atoms with van der Waals surface area (Å²) in [4.78, 5) is 7.08. The fraction of sp³-hybridized carbons (Fsp3) is 0.950. The van der Waals surface area contributed by atoms with E-state index in [-0.39, 0.29) is 0 Å². The first-order valence-corrected chi connectivity index (χ1v) is 10.5. The molecule has 0 aromatic rings. The fourth-order valence-electron chi connectivity index (χ4n) is 5.68. The predicted octanol–water partition coefficient (Wildman–Crippen LogP) is 2.41. The molecular formula is C20H33N3O2. The maximum atomic E-state index is 6.09. The first-order chi connectivity index (χ1) is 12.3. The van der Waals surface area contributed by atoms with Gasteiger partial charge in [-0.2, -0.15) is 0 Å². The maximum Gasteiger partial charge on any atom is 0.193 e. The summed E-state index contributed by atoms with van der Waals surface area (Å²) >= 11 is 0. The number of piperidine rings is 1. The molecule has 5 aliphatic rings. The molecule has 5 nitrogen and oxygen atoms in total. The van der Waals surface area contributed by atoms with Gasteiger partial charge in [0.05, 0.1) is 12.2 Å². The highest BCUT2D eigenvalue weighted by Crippen LogP contribution is 2.62. The molecule has 1 spiro atoms. The van der Waals surface area contributed by atoms with Gasteiger partial charge in [0.2, 0.25) is 0 Å². The molecule has 2 aliphatic heterocycles. The third kappa shape index (κ3) is 2.78. The first-order valence-electron chi connectivity index (χ1n) is 10.5. The normalized spacial score (nSPS) is 37.6. The molecule has 3 unspecified atom stereocenters. The molecule has 2 saturated heterocycles. The summed E-state index contributed by atoms with van der Waals surface area (Å²) in [6.45, 7) is 4.08. The van der Waals surface area contributed by atoms with Gasteiger partial charge in [0.1, 0.15) is 0 Å². The summed E-state index contributed by atoms with van der Waals surface area (Å²) in [6.07, 6.45) is 11.3. The third-order valence-electron chi connectivity index (χ3n) is 7.54. The van der Waals surface area contributed by atoms with Gasteiger partial charge >= 0.3 is 0 Å². The van der Waals surface area contributed by atoms with Crippen molar-refractivity contribution < 1.29 is 9.47 Å². The van der Waals surface area contributed by atoms with Crippen LogP contribution in [0, 0.1) is 17.3 Å². The molecule has 0 bridgehead atoms. The number of nitrogens with one attached hydrogen (secondary N) is 1. The summed E-state index contributed by atoms with van der Waals surface area (Å²) in [7, 11) is 1.94. The van der Waals surface area contributed by atoms with E-state index in [1.165, 1.54) is 38.5 Å². The smallest absolute Gasteiger partial charge is 0.193 e. The van der Waals surface area contributed by atoms with Gasteiger partial charge < -0.3 is 19.7 Å². The lowest BCUT2D eigenvalue weighted by atomic mass is 9.46. The number of hydrogen-bond donors (Lipinski definition) is 1. The summed E-state index contributed by atoms with van der Waals surface area (Å²) < 4.78 is 12.2. The minimum Gasteiger partial charge on any atom is -0.378 e. The Kier molecular flexibility index (Phi) is 4.20. The van der Waals surface area contributed by atoms with Crippen LogP contribution in [0.1, 0.15) is 51.4 Å². The van der Waals surface area contributed by atoms with E-state index in [0.29, 0.717) is 29.6 Å². The Morgan fingerprint density at radius 2 is 2.00 bits per heavy atom. The third-order valence-corrected chi connectivity index (χ3v) is 7.54. The van der Waals surface area contributed by atoms with Gasteiger partial charge in [0.25, 0.3) is 0 Å². The van der Waals surface area contributed by atoms with Crippen molar-refractivity contribution in [3.05, 3.63) is 0 Å². The molecule has 0 radical (unpaired) electrons. The molecule has 5 fully saturated rings. The molecule has 3 aliphatic carbocycles. The number of aliphatic imine (C=N–C) groups is 1. The number of guanidine groups is 1. The van der Waals surface area contributed by atoms with Crippen molar-refractivity contribution in [3.63, 3.8) is 0 Å². The van der Waals surface area contributed by atoms with Gasteiger partial charge in [-0.3, -0.25) is 4.99 Å². The van der Waals surface area contributed by atoms with Crippen LogP contribution < -0.4 is 5.32 Å². The van der Waals surface area contributed by atoms with Gasteiger partial charge in [0.15, 0.2) is 5.96 Å². The van der Waals surface area contributed by atoms with Crippen LogP contribution in [0.25, 0.3) is 0 Å². The lowest BCUT2D eigenvalue weighted by Gasteiger charge is -2.63. The molecule has 25 heavy (non-hydrogen) atoms. The monoisotopic (exact) mass is 347 g/mol. The van der Waals surface area contributed by atoms with Crippen LogP contribution in [0.2, 0.25) is 0 Å². The molecule has 3 atom stereocenters. The zero-order valence-electron chi connectivity index (χ0n) is 15.6. The van der Waals surface area contributed by atoms with E-state index in [1.54, 1.807) is 0 Å². The maximum absolute atomic E-state index is 6.09. The summed E-state index contributed by atoms with van der Waals surface area (Å²) in [5.41, 5.74) is 0.419. The van der Waals surface area contributed by atoms with Crippen molar-refractivity contribution in [1.82, 2.24) is 10.2 Å². The van der Waals surface area contributed by atoms with Crippen LogP contribution >= 0.6 is 0 Å². The van der Waals surface area contributed by atoms with E-state index >= 15 is 0 Å². The number of hydrogen-bond acceptors (Lipinski definition) is 3. The van der Waals surface area contributed by atoms with Gasteiger partial charge in [-0.25, -0.2) is 0 Å². The fourth-order valence-corrected chi connectivity index (χ4v) is 5.68. The van der Waals surface area contributed by atoms with E-state index < -0.39 is 0 Å². The Balaban J connectivity index is 1.16. The molecule has 0 amide bonds. The first kappa shape index (κ1) is 16.4. The molecular weight excluding hydrogens is 314 g/mol. The number of likely N-dealkylation sites (tertiary alicyclic amines) is 1. The molecule has 3 saturated carbocycles. The lowest BCUT2D eigenvalue weighted by Crippen LogP contribution is -2.72. The number of nitrogens with zero attached hydrogens (tertiary/aromatic N) is 2. The Labute approximate surface area is 151 Å². The predicted molar refractivity (Wildman–Crippen MR) is 97.7 cm³/mol. The highest BCUT2D eigenvalue weighted by Gasteiger charge is 2.66. The zero-order valence-corrected chi connectivity index (χ0v) is 15.6. The highest BCUT2D eigenvalue weighted by atomic mass is 16.5. The van der Waals surface area contributed by atoms with Crippen molar-refractivity contribution in [2.45, 2.75) is 69.6 Å². The van der Waals surface area contributed by atoms with E-state index in [0.717, 1.165) is 51.0 Å². The number of rotatable bonds is 4. The van der Waals surface area contributed by atoms with E-state index in [1.807, 2.05) is 7.05 Å². The van der Waals surface area contributed by atoms with Crippen LogP contribution in [-0.4, -0.2) is 62.5 Å². The van der Waals surface area contributed by atoms with Crippen molar-refractivity contribution in [2.75, 3.05) is 33.4 Å². The molecule has 0 aromatic heterocycles. The van der Waals surface area contributed by atoms with Gasteiger partial charge in [-0.15, -0.1) is 0 Å². The Morgan fingerprint density at radius 1 is 1.20 bits per heavy atom. The minimum atomic E-state index is 0.419. The average molecular weight is 348 g/mol. The van der Waals surface area contributed by atoms with Crippen molar-refractivity contribution in [2.24, 2.45) is 22.2 Å². The standard InChI is InChI=1S/C20H33N3O2/c1-21-19(23-10-5-15(6-11-23)25-13-14-3-4-14)22-17-16-7-12-24-18(16)20(17)8-2-9-20/h14-18H,2-13H2,1H3,(H,21,22). The molecule has 140 valence electrons. The topological polar surface area (TPSA) is 46.1 Å². The second kappa shape index (κ2) is 6.41. The minimum absolute atomic E-state index is 0.419. The van der Waals surface area contributed by atoms with Gasteiger partial charge in [-0.1, -0.05) is 6.42 Å². The van der Waals surface area contributed by atoms with Crippen LogP contribution in [0.15, 0.2) is 4.99 Å². The SMILES string of the molecule is CN=C(NC1C2CCOC2C12CCC2)N1CCC(OCC2CC2)CC1. The van der Waals surface area contributed by atoms with Crippen LogP contribution in [-0.2, 0) is 9.47 Å².